The molecule has 0 aliphatic carbocycles. The maximum atomic E-state index is 5.82. The average Bonchev–Trinajstić information content (AvgIpc) is 3.11. The van der Waals surface area contributed by atoms with E-state index in [-0.39, 0.29) is 30.0 Å². The molecule has 1 aromatic heterocycles. The molecule has 1 unspecified atom stereocenters. The second kappa shape index (κ2) is 12.1. The molecule has 166 valence electrons. The van der Waals surface area contributed by atoms with Gasteiger partial charge in [-0.25, -0.2) is 9.67 Å². The highest BCUT2D eigenvalue weighted by molar-refractivity contribution is 14.0. The molecule has 0 amide bonds. The summed E-state index contributed by atoms with van der Waals surface area (Å²) in [4.78, 5) is 8.89. The first-order valence-electron chi connectivity index (χ1n) is 10.2. The van der Waals surface area contributed by atoms with Crippen molar-refractivity contribution < 1.29 is 9.47 Å². The third-order valence-electron chi connectivity index (χ3n) is 4.68. The Labute approximate surface area is 195 Å². The summed E-state index contributed by atoms with van der Waals surface area (Å²) in [6.07, 6.45) is 1.88. The number of hydrogen-bond donors (Lipinski definition) is 2. The van der Waals surface area contributed by atoms with Gasteiger partial charge < -0.3 is 20.1 Å². The first-order valence-corrected chi connectivity index (χ1v) is 10.2. The zero-order valence-corrected chi connectivity index (χ0v) is 20.6. The summed E-state index contributed by atoms with van der Waals surface area (Å²) in [5.74, 6) is 3.95. The van der Waals surface area contributed by atoms with Crippen molar-refractivity contribution in [2.45, 2.75) is 52.4 Å². The third kappa shape index (κ3) is 7.12. The van der Waals surface area contributed by atoms with Gasteiger partial charge >= 0.3 is 0 Å². The number of aromatic nitrogens is 3. The van der Waals surface area contributed by atoms with Gasteiger partial charge in [0.1, 0.15) is 18.2 Å². The second-order valence-electron chi connectivity index (χ2n) is 7.72. The predicted molar refractivity (Wildman–Crippen MR) is 128 cm³/mol. The molecule has 0 saturated carbocycles. The number of fused-ring (bicyclic) bond motifs is 1. The van der Waals surface area contributed by atoms with Crippen molar-refractivity contribution in [3.63, 3.8) is 0 Å². The maximum Gasteiger partial charge on any atom is 0.191 e. The second-order valence-corrected chi connectivity index (χ2v) is 7.72. The summed E-state index contributed by atoms with van der Waals surface area (Å²) < 4.78 is 12.9. The Morgan fingerprint density at radius 3 is 2.93 bits per heavy atom. The van der Waals surface area contributed by atoms with Crippen LogP contribution in [0.25, 0.3) is 0 Å². The van der Waals surface area contributed by atoms with E-state index in [4.69, 9.17) is 9.47 Å². The van der Waals surface area contributed by atoms with Crippen molar-refractivity contribution in [2.24, 2.45) is 10.9 Å². The Balaban J connectivity index is 0.00000320. The van der Waals surface area contributed by atoms with E-state index in [1.165, 1.54) is 0 Å². The van der Waals surface area contributed by atoms with Gasteiger partial charge in [0.05, 0.1) is 13.2 Å². The van der Waals surface area contributed by atoms with Crippen molar-refractivity contribution >= 4 is 29.9 Å². The van der Waals surface area contributed by atoms with E-state index in [1.54, 1.807) is 14.2 Å². The van der Waals surface area contributed by atoms with Crippen LogP contribution in [0.3, 0.4) is 0 Å². The Kier molecular flexibility index (Phi) is 9.83. The predicted octanol–water partition coefficient (Wildman–Crippen LogP) is 2.76. The summed E-state index contributed by atoms with van der Waals surface area (Å²) in [5, 5.41) is 11.4. The summed E-state index contributed by atoms with van der Waals surface area (Å²) in [6, 6.07) is 8.43. The number of benzene rings is 1. The van der Waals surface area contributed by atoms with Crippen LogP contribution in [0.1, 0.15) is 37.5 Å². The highest BCUT2D eigenvalue weighted by Crippen LogP contribution is 2.15. The monoisotopic (exact) mass is 528 g/mol. The number of aryl methyl sites for hydroxylation is 1. The van der Waals surface area contributed by atoms with Gasteiger partial charge in [0, 0.05) is 33.2 Å². The van der Waals surface area contributed by atoms with Crippen molar-refractivity contribution in [3.05, 3.63) is 41.5 Å². The highest BCUT2D eigenvalue weighted by Gasteiger charge is 2.22. The number of halogens is 1. The quantitative estimate of drug-likeness (QED) is 0.312. The molecule has 0 fully saturated rings. The molecule has 3 rings (SSSR count). The largest absolute Gasteiger partial charge is 0.493 e. The first-order chi connectivity index (χ1) is 14.1. The molecule has 2 aromatic rings. The Morgan fingerprint density at radius 1 is 1.37 bits per heavy atom. The van der Waals surface area contributed by atoms with Gasteiger partial charge in [-0.3, -0.25) is 4.99 Å². The van der Waals surface area contributed by atoms with Crippen molar-refractivity contribution in [1.29, 1.82) is 0 Å². The maximum absolute atomic E-state index is 5.82. The van der Waals surface area contributed by atoms with Crippen LogP contribution in [0.15, 0.2) is 29.3 Å². The molecule has 1 atom stereocenters. The molecule has 9 heteroatoms. The van der Waals surface area contributed by atoms with Crippen molar-refractivity contribution in [1.82, 2.24) is 25.4 Å². The van der Waals surface area contributed by atoms with E-state index in [9.17, 15) is 0 Å². The fraction of sp³-hybridized carbons (Fsp3) is 0.571. The zero-order chi connectivity index (χ0) is 20.6. The minimum atomic E-state index is 0. The molecule has 2 heterocycles. The van der Waals surface area contributed by atoms with Crippen LogP contribution in [0.4, 0.5) is 0 Å². The van der Waals surface area contributed by atoms with Gasteiger partial charge in [0.25, 0.3) is 0 Å². The van der Waals surface area contributed by atoms with E-state index in [2.05, 4.69) is 51.7 Å². The topological polar surface area (TPSA) is 85.6 Å². The fourth-order valence-corrected chi connectivity index (χ4v) is 3.25. The van der Waals surface area contributed by atoms with Crippen molar-refractivity contribution in [3.8, 4) is 5.75 Å². The molecule has 1 aliphatic rings. The van der Waals surface area contributed by atoms with Gasteiger partial charge in [0.2, 0.25) is 0 Å². The van der Waals surface area contributed by atoms with E-state index >= 15 is 0 Å². The molecular formula is C21H33IN6O2. The molecule has 1 aromatic carbocycles. The summed E-state index contributed by atoms with van der Waals surface area (Å²) in [7, 11) is 3.45. The molecule has 0 radical (unpaired) electrons. The zero-order valence-electron chi connectivity index (χ0n) is 18.2. The standard InChI is InChI=1S/C21H32N6O2.HI/c1-15(2)13-29-18-7-5-6-16(10-18)11-23-21(22-3)24-17-8-9-20-25-19(14-28-4)26-27(20)12-17;/h5-7,10,15,17H,8-9,11-14H2,1-4H3,(H2,22,23,24);1H. The van der Waals surface area contributed by atoms with Crippen LogP contribution >= 0.6 is 24.0 Å². The van der Waals surface area contributed by atoms with Crippen LogP contribution in [-0.4, -0.2) is 47.5 Å². The van der Waals surface area contributed by atoms with E-state index in [0.717, 1.165) is 54.9 Å². The molecule has 2 N–H and O–H groups in total. The van der Waals surface area contributed by atoms with Gasteiger partial charge in [-0.2, -0.15) is 5.10 Å². The number of ether oxygens (including phenoxy) is 2. The minimum absolute atomic E-state index is 0. The highest BCUT2D eigenvalue weighted by atomic mass is 127. The van der Waals surface area contributed by atoms with Crippen LogP contribution in [-0.2, 0) is 30.9 Å². The number of hydrogen-bond acceptors (Lipinski definition) is 5. The summed E-state index contributed by atoms with van der Waals surface area (Å²) >= 11 is 0. The number of guanidine groups is 1. The van der Waals surface area contributed by atoms with Gasteiger partial charge in [0.15, 0.2) is 11.8 Å². The lowest BCUT2D eigenvalue weighted by molar-refractivity contribution is 0.177. The summed E-state index contributed by atoms with van der Waals surface area (Å²) in [5.41, 5.74) is 1.15. The number of nitrogens with zero attached hydrogens (tertiary/aromatic N) is 4. The first kappa shape index (κ1) is 24.4. The molecule has 0 bridgehead atoms. The van der Waals surface area contributed by atoms with Crippen LogP contribution < -0.4 is 15.4 Å². The molecule has 30 heavy (non-hydrogen) atoms. The number of aliphatic imine (C=N–C) groups is 1. The third-order valence-corrected chi connectivity index (χ3v) is 4.68. The SMILES string of the molecule is CN=C(NCc1cccc(OCC(C)C)c1)NC1CCc2nc(COC)nn2C1.I. The summed E-state index contributed by atoms with van der Waals surface area (Å²) in [6.45, 7) is 6.91. The van der Waals surface area contributed by atoms with E-state index < -0.39 is 0 Å². The molecule has 1 aliphatic heterocycles. The van der Waals surface area contributed by atoms with Crippen molar-refractivity contribution in [2.75, 3.05) is 20.8 Å². The normalized spacial score (nSPS) is 16.0. The number of rotatable bonds is 8. The molecular weight excluding hydrogens is 495 g/mol. The average molecular weight is 528 g/mol. The van der Waals surface area contributed by atoms with Crippen LogP contribution in [0.5, 0.6) is 5.75 Å². The van der Waals surface area contributed by atoms with Crippen LogP contribution in [0, 0.1) is 5.92 Å². The lowest BCUT2D eigenvalue weighted by Gasteiger charge is -2.25. The number of nitrogens with one attached hydrogen (secondary N) is 2. The number of methoxy groups -OCH3 is 1. The smallest absolute Gasteiger partial charge is 0.191 e. The fourth-order valence-electron chi connectivity index (χ4n) is 3.25. The van der Waals surface area contributed by atoms with E-state index in [0.29, 0.717) is 19.1 Å². The van der Waals surface area contributed by atoms with E-state index in [1.807, 2.05) is 16.8 Å². The molecule has 8 nitrogen and oxygen atoms in total. The van der Waals surface area contributed by atoms with Gasteiger partial charge in [-0.1, -0.05) is 26.0 Å². The molecule has 0 saturated heterocycles. The Bertz CT molecular complexity index is 824. The molecule has 0 spiro atoms. The lowest BCUT2D eigenvalue weighted by atomic mass is 10.1. The Morgan fingerprint density at radius 2 is 2.20 bits per heavy atom. The lowest BCUT2D eigenvalue weighted by Crippen LogP contribution is -2.46. The van der Waals surface area contributed by atoms with Gasteiger partial charge in [-0.15, -0.1) is 24.0 Å². The minimum Gasteiger partial charge on any atom is -0.493 e. The van der Waals surface area contributed by atoms with Crippen LogP contribution in [0.2, 0.25) is 0 Å². The van der Waals surface area contributed by atoms with Gasteiger partial charge in [-0.05, 0) is 30.0 Å². The Hall–Kier alpha value is -1.88.